The van der Waals surface area contributed by atoms with Gasteiger partial charge in [-0.25, -0.2) is 0 Å². The highest BCUT2D eigenvalue weighted by atomic mass is 16.4. The van der Waals surface area contributed by atoms with Crippen LogP contribution in [0.1, 0.15) is 40.2 Å². The van der Waals surface area contributed by atoms with Crippen molar-refractivity contribution in [3.8, 4) is 0 Å². The van der Waals surface area contributed by atoms with Gasteiger partial charge in [0.15, 0.2) is 0 Å². The average Bonchev–Trinajstić information content (AvgIpc) is 2.77. The van der Waals surface area contributed by atoms with Crippen LogP contribution in [0.3, 0.4) is 0 Å². The van der Waals surface area contributed by atoms with Crippen molar-refractivity contribution in [3.05, 3.63) is 71.5 Å². The van der Waals surface area contributed by atoms with Gasteiger partial charge < -0.3 is 20.7 Å². The molecule has 2 heterocycles. The second-order valence-corrected chi connectivity index (χ2v) is 7.52. The third-order valence-electron chi connectivity index (χ3n) is 5.79. The van der Waals surface area contributed by atoms with Gasteiger partial charge in [-0.2, -0.15) is 0 Å². The third kappa shape index (κ3) is 3.89. The summed E-state index contributed by atoms with van der Waals surface area (Å²) < 4.78 is 0. The number of carbonyl (C=O) groups excluding carboxylic acids is 1. The van der Waals surface area contributed by atoms with Gasteiger partial charge in [-0.15, -0.1) is 0 Å². The first-order chi connectivity index (χ1) is 14.1. The third-order valence-corrected chi connectivity index (χ3v) is 5.79. The van der Waals surface area contributed by atoms with Crippen LogP contribution >= 0.6 is 0 Å². The molecule has 1 aromatic heterocycles. The first kappa shape index (κ1) is 19.6. The molecule has 148 valence electrons. The number of rotatable bonds is 4. The van der Waals surface area contributed by atoms with Crippen LogP contribution in [0.2, 0.25) is 0 Å². The van der Waals surface area contributed by atoms with Crippen LogP contribution in [0, 0.1) is 0 Å². The van der Waals surface area contributed by atoms with Crippen LogP contribution in [-0.2, 0) is 6.54 Å². The number of piperidine rings is 1. The van der Waals surface area contributed by atoms with Crippen molar-refractivity contribution in [2.75, 3.05) is 13.1 Å². The quantitative estimate of drug-likeness (QED) is 0.586. The van der Waals surface area contributed by atoms with Gasteiger partial charge in [-0.05, 0) is 40.7 Å². The molecule has 0 aliphatic carbocycles. The topological polar surface area (TPSA) is 99.7 Å². The lowest BCUT2D eigenvalue weighted by Gasteiger charge is -2.32. The number of amides is 1. The summed E-state index contributed by atoms with van der Waals surface area (Å²) in [4.78, 5) is 19.2. The summed E-state index contributed by atoms with van der Waals surface area (Å²) in [6.45, 7) is 1.88. The summed E-state index contributed by atoms with van der Waals surface area (Å²) in [5, 5.41) is 20.5. The fraction of sp³-hybridized carbons (Fsp3) is 0.273. The molecule has 29 heavy (non-hydrogen) atoms. The molecule has 4 N–H and O–H groups in total. The normalized spacial score (nSPS) is 14.9. The van der Waals surface area contributed by atoms with E-state index in [4.69, 9.17) is 5.73 Å². The minimum Gasteiger partial charge on any atom is -0.423 e. The number of hydrogen-bond acceptors (Lipinski definition) is 5. The lowest BCUT2D eigenvalue weighted by Crippen LogP contribution is -2.38. The van der Waals surface area contributed by atoms with Crippen LogP contribution < -0.4 is 11.2 Å². The summed E-state index contributed by atoms with van der Waals surface area (Å²) >= 11 is 0. The largest absolute Gasteiger partial charge is 0.489 e. The number of aromatic nitrogens is 1. The van der Waals surface area contributed by atoms with Crippen LogP contribution in [0.4, 0.5) is 0 Å². The molecule has 2 aromatic carbocycles. The maximum absolute atomic E-state index is 13.2. The second kappa shape index (κ2) is 8.33. The van der Waals surface area contributed by atoms with Gasteiger partial charge in [0.2, 0.25) is 0 Å². The fourth-order valence-corrected chi connectivity index (χ4v) is 4.17. The summed E-state index contributed by atoms with van der Waals surface area (Å²) in [5.41, 5.74) is 9.02. The second-order valence-electron chi connectivity index (χ2n) is 7.52. The molecule has 0 bridgehead atoms. The van der Waals surface area contributed by atoms with E-state index in [0.717, 1.165) is 18.4 Å². The molecular weight excluding hydrogens is 365 g/mol. The minimum atomic E-state index is -1.61. The predicted molar refractivity (Wildman–Crippen MR) is 114 cm³/mol. The minimum absolute atomic E-state index is 0.0677. The Bertz CT molecular complexity index is 1030. The molecule has 1 amide bonds. The number of pyridine rings is 1. The van der Waals surface area contributed by atoms with Gasteiger partial charge in [0.1, 0.15) is 0 Å². The molecule has 7 heteroatoms. The van der Waals surface area contributed by atoms with E-state index in [1.54, 1.807) is 24.5 Å². The van der Waals surface area contributed by atoms with Crippen molar-refractivity contribution in [3.63, 3.8) is 0 Å². The van der Waals surface area contributed by atoms with Gasteiger partial charge in [0.25, 0.3) is 5.91 Å². The van der Waals surface area contributed by atoms with E-state index in [2.05, 4.69) is 17.1 Å². The zero-order chi connectivity index (χ0) is 20.4. The van der Waals surface area contributed by atoms with E-state index >= 15 is 0 Å². The molecule has 4 rings (SSSR count). The maximum atomic E-state index is 13.2. The van der Waals surface area contributed by atoms with E-state index in [0.29, 0.717) is 47.4 Å². The van der Waals surface area contributed by atoms with E-state index in [1.165, 1.54) is 5.56 Å². The highest BCUT2D eigenvalue weighted by molar-refractivity contribution is 6.62. The Morgan fingerprint density at radius 3 is 2.59 bits per heavy atom. The molecule has 1 saturated heterocycles. The average molecular weight is 389 g/mol. The van der Waals surface area contributed by atoms with Crippen molar-refractivity contribution in [1.29, 1.82) is 0 Å². The first-order valence-corrected chi connectivity index (χ1v) is 9.89. The Labute approximate surface area is 170 Å². The van der Waals surface area contributed by atoms with Gasteiger partial charge in [-0.3, -0.25) is 9.78 Å². The molecule has 0 radical (unpaired) electrons. The monoisotopic (exact) mass is 389 g/mol. The zero-order valence-corrected chi connectivity index (χ0v) is 16.2. The maximum Gasteiger partial charge on any atom is 0.489 e. The van der Waals surface area contributed by atoms with E-state index in [1.807, 2.05) is 23.1 Å². The van der Waals surface area contributed by atoms with Crippen LogP contribution in [0.25, 0.3) is 10.8 Å². The molecule has 0 unspecified atom stereocenters. The molecule has 6 nitrogen and oxygen atoms in total. The van der Waals surface area contributed by atoms with E-state index in [-0.39, 0.29) is 5.91 Å². The molecule has 3 aromatic rings. The van der Waals surface area contributed by atoms with Gasteiger partial charge in [0.05, 0.1) is 5.56 Å². The molecule has 1 aliphatic rings. The van der Waals surface area contributed by atoms with Crippen molar-refractivity contribution < 1.29 is 14.8 Å². The van der Waals surface area contributed by atoms with Crippen molar-refractivity contribution >= 4 is 29.3 Å². The van der Waals surface area contributed by atoms with Gasteiger partial charge in [0, 0.05) is 37.4 Å². The molecule has 0 spiro atoms. The summed E-state index contributed by atoms with van der Waals surface area (Å²) in [5.74, 6) is 0.356. The number of hydrogen-bond donors (Lipinski definition) is 3. The van der Waals surface area contributed by atoms with Crippen LogP contribution in [0.15, 0.2) is 54.9 Å². The van der Waals surface area contributed by atoms with Crippen molar-refractivity contribution in [2.24, 2.45) is 5.73 Å². The molecule has 1 fully saturated rings. The van der Waals surface area contributed by atoms with Crippen LogP contribution in [-0.4, -0.2) is 46.0 Å². The Hall–Kier alpha value is -2.74. The number of nitrogens with two attached hydrogens (primary N) is 1. The van der Waals surface area contributed by atoms with E-state index in [9.17, 15) is 14.8 Å². The standard InChI is InChI=1S/C22H24BN3O3/c24-12-15-3-1-4-17(11-15)16-7-9-26(10-8-16)22(27)20-14-25-13-19-18(20)5-2-6-21(19)23(28)29/h1-6,11,13-14,16,28-29H,7-10,12,24H2. The summed E-state index contributed by atoms with van der Waals surface area (Å²) in [6.07, 6.45) is 4.93. The Morgan fingerprint density at radius 1 is 1.10 bits per heavy atom. The van der Waals surface area contributed by atoms with Crippen LogP contribution in [0.5, 0.6) is 0 Å². The highest BCUT2D eigenvalue weighted by Gasteiger charge is 2.26. The summed E-state index contributed by atoms with van der Waals surface area (Å²) in [7, 11) is -1.61. The van der Waals surface area contributed by atoms with Crippen molar-refractivity contribution in [2.45, 2.75) is 25.3 Å². The SMILES string of the molecule is NCc1cccc(C2CCN(C(=O)c3cncc4c(B(O)O)cccc34)CC2)c1. The number of benzene rings is 2. The zero-order valence-electron chi connectivity index (χ0n) is 16.2. The fourth-order valence-electron chi connectivity index (χ4n) is 4.17. The lowest BCUT2D eigenvalue weighted by atomic mass is 9.77. The van der Waals surface area contributed by atoms with Crippen molar-refractivity contribution in [1.82, 2.24) is 9.88 Å². The number of carbonyl (C=O) groups is 1. The van der Waals surface area contributed by atoms with Gasteiger partial charge in [-0.1, -0.05) is 42.5 Å². The lowest BCUT2D eigenvalue weighted by molar-refractivity contribution is 0.0714. The number of likely N-dealkylation sites (tertiary alicyclic amines) is 1. The first-order valence-electron chi connectivity index (χ1n) is 9.89. The highest BCUT2D eigenvalue weighted by Crippen LogP contribution is 2.30. The Kier molecular flexibility index (Phi) is 5.62. The summed E-state index contributed by atoms with van der Waals surface area (Å²) in [6, 6.07) is 13.6. The Balaban J connectivity index is 1.54. The molecule has 0 saturated carbocycles. The number of fused-ring (bicyclic) bond motifs is 1. The smallest absolute Gasteiger partial charge is 0.423 e. The predicted octanol–water partition coefficient (Wildman–Crippen LogP) is 1.39. The van der Waals surface area contributed by atoms with Gasteiger partial charge >= 0.3 is 7.12 Å². The molecule has 0 atom stereocenters. The molecular formula is C22H24BN3O3. The Morgan fingerprint density at radius 2 is 1.86 bits per heavy atom. The molecule has 1 aliphatic heterocycles. The number of nitrogens with zero attached hydrogens (tertiary/aromatic N) is 2. The van der Waals surface area contributed by atoms with E-state index < -0.39 is 7.12 Å².